The van der Waals surface area contributed by atoms with Gasteiger partial charge in [0.05, 0.1) is 40.2 Å². The van der Waals surface area contributed by atoms with Crippen LogP contribution in [0.15, 0.2) is 23.7 Å². The first-order valence-corrected chi connectivity index (χ1v) is 8.87. The molecule has 0 radical (unpaired) electrons. The van der Waals surface area contributed by atoms with Crippen molar-refractivity contribution in [2.75, 3.05) is 6.54 Å². The highest BCUT2D eigenvalue weighted by atomic mass is 32.1. The third-order valence-corrected chi connectivity index (χ3v) is 5.67. The molecule has 0 saturated carbocycles. The standard InChI is InChI=1S/C17H16N4OS/c22-17(11-4-5-14-16(8-11)23-10-18-14)20-6-7-21-15(9-20)12-2-1-3-13(12)19-21/h4-5,8,10H,1-3,6-7,9H2. The minimum atomic E-state index is 0.111. The lowest BCUT2D eigenvalue weighted by Gasteiger charge is -2.28. The summed E-state index contributed by atoms with van der Waals surface area (Å²) in [5.41, 5.74) is 7.42. The minimum Gasteiger partial charge on any atom is -0.331 e. The molecule has 3 heterocycles. The summed E-state index contributed by atoms with van der Waals surface area (Å²) in [5.74, 6) is 0.111. The van der Waals surface area contributed by atoms with Crippen LogP contribution in [0.5, 0.6) is 0 Å². The fourth-order valence-electron chi connectivity index (χ4n) is 3.69. The van der Waals surface area contributed by atoms with Crippen molar-refractivity contribution in [1.29, 1.82) is 0 Å². The van der Waals surface area contributed by atoms with E-state index < -0.39 is 0 Å². The van der Waals surface area contributed by atoms with E-state index in [-0.39, 0.29) is 5.91 Å². The summed E-state index contributed by atoms with van der Waals surface area (Å²) < 4.78 is 3.18. The molecule has 2 aliphatic rings. The number of hydrogen-bond acceptors (Lipinski definition) is 4. The average Bonchev–Trinajstić information content (AvgIpc) is 3.28. The Bertz CT molecular complexity index is 926. The van der Waals surface area contributed by atoms with Crippen LogP contribution in [0.3, 0.4) is 0 Å². The van der Waals surface area contributed by atoms with Gasteiger partial charge in [-0.1, -0.05) is 0 Å². The van der Waals surface area contributed by atoms with Gasteiger partial charge in [0.25, 0.3) is 5.91 Å². The zero-order valence-electron chi connectivity index (χ0n) is 12.7. The quantitative estimate of drug-likeness (QED) is 0.691. The SMILES string of the molecule is O=C(c1ccc2ncsc2c1)N1CCn2nc3c(c2C1)CCC3. The maximum Gasteiger partial charge on any atom is 0.254 e. The second kappa shape index (κ2) is 4.89. The maximum atomic E-state index is 12.9. The molecule has 0 N–H and O–H groups in total. The van der Waals surface area contributed by atoms with Crippen LogP contribution in [-0.4, -0.2) is 32.1 Å². The van der Waals surface area contributed by atoms with Gasteiger partial charge in [-0.2, -0.15) is 5.10 Å². The molecule has 0 spiro atoms. The molecule has 23 heavy (non-hydrogen) atoms. The molecule has 1 aromatic carbocycles. The van der Waals surface area contributed by atoms with Crippen LogP contribution in [0.4, 0.5) is 0 Å². The molecule has 5 nitrogen and oxygen atoms in total. The first kappa shape index (κ1) is 13.2. The fourth-order valence-corrected chi connectivity index (χ4v) is 4.41. The van der Waals surface area contributed by atoms with Crippen LogP contribution >= 0.6 is 11.3 Å². The van der Waals surface area contributed by atoms with Crippen molar-refractivity contribution >= 4 is 27.5 Å². The Morgan fingerprint density at radius 2 is 2.17 bits per heavy atom. The largest absolute Gasteiger partial charge is 0.331 e. The van der Waals surface area contributed by atoms with Crippen molar-refractivity contribution in [3.8, 4) is 0 Å². The number of fused-ring (bicyclic) bond motifs is 4. The normalized spacial score (nSPS) is 16.6. The lowest BCUT2D eigenvalue weighted by molar-refractivity contribution is 0.0705. The van der Waals surface area contributed by atoms with E-state index in [2.05, 4.69) is 9.67 Å². The molecule has 0 fully saturated rings. The van der Waals surface area contributed by atoms with Gasteiger partial charge in [-0.25, -0.2) is 4.98 Å². The van der Waals surface area contributed by atoms with Crippen LogP contribution in [0.2, 0.25) is 0 Å². The molecule has 1 aliphatic heterocycles. The monoisotopic (exact) mass is 324 g/mol. The number of aryl methyl sites for hydroxylation is 1. The van der Waals surface area contributed by atoms with Crippen molar-refractivity contribution in [3.05, 3.63) is 46.2 Å². The minimum absolute atomic E-state index is 0.111. The third-order valence-electron chi connectivity index (χ3n) is 4.88. The Morgan fingerprint density at radius 3 is 3.13 bits per heavy atom. The van der Waals surface area contributed by atoms with Crippen LogP contribution in [0.1, 0.15) is 33.7 Å². The number of amides is 1. The molecule has 1 amide bonds. The molecule has 1 aliphatic carbocycles. The van der Waals surface area contributed by atoms with E-state index >= 15 is 0 Å². The Hall–Kier alpha value is -2.21. The van der Waals surface area contributed by atoms with Crippen molar-refractivity contribution in [2.45, 2.75) is 32.4 Å². The number of aromatic nitrogens is 3. The van der Waals surface area contributed by atoms with E-state index in [4.69, 9.17) is 5.10 Å². The van der Waals surface area contributed by atoms with Crippen molar-refractivity contribution < 1.29 is 4.79 Å². The van der Waals surface area contributed by atoms with Crippen LogP contribution < -0.4 is 0 Å². The number of nitrogens with zero attached hydrogens (tertiary/aromatic N) is 4. The topological polar surface area (TPSA) is 51.0 Å². The first-order chi connectivity index (χ1) is 11.3. The van der Waals surface area contributed by atoms with E-state index in [1.54, 1.807) is 11.3 Å². The summed E-state index contributed by atoms with van der Waals surface area (Å²) >= 11 is 1.58. The predicted molar refractivity (Wildman–Crippen MR) is 88.6 cm³/mol. The lowest BCUT2D eigenvalue weighted by atomic mass is 10.1. The predicted octanol–water partition coefficient (Wildman–Crippen LogP) is 2.64. The van der Waals surface area contributed by atoms with Crippen molar-refractivity contribution in [1.82, 2.24) is 19.7 Å². The molecule has 6 heteroatoms. The number of carbonyl (C=O) groups is 1. The number of carbonyl (C=O) groups excluding carboxylic acids is 1. The highest BCUT2D eigenvalue weighted by molar-refractivity contribution is 7.16. The van der Waals surface area contributed by atoms with Crippen molar-refractivity contribution in [3.63, 3.8) is 0 Å². The highest BCUT2D eigenvalue weighted by Crippen LogP contribution is 2.28. The summed E-state index contributed by atoms with van der Waals surface area (Å²) in [7, 11) is 0. The zero-order valence-corrected chi connectivity index (χ0v) is 13.5. The molecule has 5 rings (SSSR count). The van der Waals surface area contributed by atoms with Gasteiger partial charge in [0, 0.05) is 12.1 Å². The van der Waals surface area contributed by atoms with E-state index in [0.717, 1.165) is 41.7 Å². The summed E-state index contributed by atoms with van der Waals surface area (Å²) in [5, 5.41) is 4.70. The lowest BCUT2D eigenvalue weighted by Crippen LogP contribution is -2.38. The second-order valence-corrected chi connectivity index (χ2v) is 7.10. The summed E-state index contributed by atoms with van der Waals surface area (Å²) in [6.45, 7) is 2.21. The Labute approximate surface area is 137 Å². The van der Waals surface area contributed by atoms with Gasteiger partial charge >= 0.3 is 0 Å². The van der Waals surface area contributed by atoms with E-state index in [1.807, 2.05) is 28.6 Å². The third kappa shape index (κ3) is 2.01. The van der Waals surface area contributed by atoms with E-state index in [1.165, 1.54) is 23.4 Å². The average molecular weight is 324 g/mol. The molecule has 0 bridgehead atoms. The van der Waals surface area contributed by atoms with Gasteiger partial charge in [0.2, 0.25) is 0 Å². The van der Waals surface area contributed by atoms with Gasteiger partial charge in [-0.15, -0.1) is 11.3 Å². The number of benzene rings is 1. The summed E-state index contributed by atoms with van der Waals surface area (Å²) in [6, 6.07) is 5.79. The highest BCUT2D eigenvalue weighted by Gasteiger charge is 2.28. The summed E-state index contributed by atoms with van der Waals surface area (Å²) in [6.07, 6.45) is 3.40. The molecular weight excluding hydrogens is 308 g/mol. The van der Waals surface area contributed by atoms with Crippen LogP contribution in [-0.2, 0) is 25.9 Å². The molecule has 116 valence electrons. The summed E-state index contributed by atoms with van der Waals surface area (Å²) in [4.78, 5) is 19.1. The smallest absolute Gasteiger partial charge is 0.254 e. The first-order valence-electron chi connectivity index (χ1n) is 7.99. The van der Waals surface area contributed by atoms with E-state index in [9.17, 15) is 4.79 Å². The fraction of sp³-hybridized carbons (Fsp3) is 0.353. The van der Waals surface area contributed by atoms with Gasteiger partial charge in [-0.05, 0) is 43.0 Å². The number of hydrogen-bond donors (Lipinski definition) is 0. The molecule has 0 saturated heterocycles. The molecule has 3 aromatic rings. The van der Waals surface area contributed by atoms with Crippen molar-refractivity contribution in [2.24, 2.45) is 0 Å². The van der Waals surface area contributed by atoms with Crippen LogP contribution in [0.25, 0.3) is 10.2 Å². The van der Waals surface area contributed by atoms with Gasteiger partial charge < -0.3 is 4.90 Å². The molecule has 0 atom stereocenters. The Kier molecular flexibility index (Phi) is 2.82. The Balaban J connectivity index is 1.46. The van der Waals surface area contributed by atoms with E-state index in [0.29, 0.717) is 6.54 Å². The van der Waals surface area contributed by atoms with Gasteiger partial charge in [-0.3, -0.25) is 9.48 Å². The second-order valence-electron chi connectivity index (χ2n) is 6.21. The maximum absolute atomic E-state index is 12.9. The van der Waals surface area contributed by atoms with Gasteiger partial charge in [0.15, 0.2) is 0 Å². The molecule has 2 aromatic heterocycles. The zero-order chi connectivity index (χ0) is 15.4. The molecular formula is C17H16N4OS. The number of rotatable bonds is 1. The number of thiazole rings is 1. The van der Waals surface area contributed by atoms with Crippen LogP contribution in [0, 0.1) is 0 Å². The molecule has 0 unspecified atom stereocenters. The van der Waals surface area contributed by atoms with Gasteiger partial charge in [0.1, 0.15) is 0 Å². The Morgan fingerprint density at radius 1 is 1.22 bits per heavy atom.